The van der Waals surface area contributed by atoms with Crippen LogP contribution in [0.5, 0.6) is 0 Å². The molecular formula is C26H22N8O. The molecule has 0 atom stereocenters. The number of imidazole rings is 1. The van der Waals surface area contributed by atoms with Crippen LogP contribution in [0.4, 0.5) is 5.69 Å². The molecule has 5 aromatic rings. The quantitative estimate of drug-likeness (QED) is 0.406. The van der Waals surface area contributed by atoms with E-state index in [-0.39, 0.29) is 5.91 Å². The first kappa shape index (κ1) is 20.9. The Morgan fingerprint density at radius 3 is 2.37 bits per heavy atom. The summed E-state index contributed by atoms with van der Waals surface area (Å²) < 4.78 is 0. The zero-order chi connectivity index (χ0) is 24.0. The van der Waals surface area contributed by atoms with Crippen LogP contribution < -0.4 is 5.01 Å². The highest BCUT2D eigenvalue weighted by Gasteiger charge is 2.39. The maximum absolute atomic E-state index is 13.4. The van der Waals surface area contributed by atoms with Gasteiger partial charge in [0.05, 0.1) is 16.7 Å². The van der Waals surface area contributed by atoms with Crippen molar-refractivity contribution in [1.82, 2.24) is 30.6 Å². The van der Waals surface area contributed by atoms with Gasteiger partial charge in [-0.15, -0.1) is 10.2 Å². The van der Waals surface area contributed by atoms with Crippen LogP contribution in [-0.4, -0.2) is 42.2 Å². The third-order valence-corrected chi connectivity index (χ3v) is 6.22. The monoisotopic (exact) mass is 462 g/mol. The maximum Gasteiger partial charge on any atom is 0.248 e. The lowest BCUT2D eigenvalue weighted by atomic mass is 9.81. The minimum absolute atomic E-state index is 0.0839. The second-order valence-corrected chi connectivity index (χ2v) is 9.12. The highest BCUT2D eigenvalue weighted by molar-refractivity contribution is 6.12. The molecule has 6 rings (SSSR count). The summed E-state index contributed by atoms with van der Waals surface area (Å²) in [6.07, 6.45) is 0.295. The number of rotatable bonds is 4. The lowest BCUT2D eigenvalue weighted by Crippen LogP contribution is -2.42. The number of aromatic nitrogens is 6. The van der Waals surface area contributed by atoms with Gasteiger partial charge in [0.25, 0.3) is 0 Å². The van der Waals surface area contributed by atoms with Gasteiger partial charge in [-0.05, 0) is 29.0 Å². The minimum atomic E-state index is -0.487. The number of aromatic amines is 2. The number of tetrazole rings is 1. The van der Waals surface area contributed by atoms with E-state index in [9.17, 15) is 4.79 Å². The number of hydrogen-bond acceptors (Lipinski definition) is 6. The molecule has 1 aliphatic rings. The second-order valence-electron chi connectivity index (χ2n) is 9.12. The van der Waals surface area contributed by atoms with Crippen molar-refractivity contribution >= 4 is 28.3 Å². The fourth-order valence-electron chi connectivity index (χ4n) is 4.52. The van der Waals surface area contributed by atoms with E-state index in [4.69, 9.17) is 10.1 Å². The van der Waals surface area contributed by atoms with Crippen LogP contribution in [-0.2, 0) is 4.79 Å². The maximum atomic E-state index is 13.4. The van der Waals surface area contributed by atoms with Crippen molar-refractivity contribution in [2.24, 2.45) is 10.5 Å². The molecule has 0 unspecified atom stereocenters. The summed E-state index contributed by atoms with van der Waals surface area (Å²) in [6, 6.07) is 23.3. The number of amides is 1. The predicted molar refractivity (Wildman–Crippen MR) is 134 cm³/mol. The molecule has 0 fully saturated rings. The summed E-state index contributed by atoms with van der Waals surface area (Å²) in [6.45, 7) is 4.04. The lowest BCUT2D eigenvalue weighted by Gasteiger charge is -2.34. The van der Waals surface area contributed by atoms with Crippen molar-refractivity contribution < 1.29 is 4.79 Å². The van der Waals surface area contributed by atoms with Crippen molar-refractivity contribution in [2.45, 2.75) is 20.3 Å². The van der Waals surface area contributed by atoms with E-state index in [1.807, 2.05) is 86.6 Å². The summed E-state index contributed by atoms with van der Waals surface area (Å²) in [5.74, 6) is 1.06. The van der Waals surface area contributed by atoms with Gasteiger partial charge in [0.15, 0.2) is 5.82 Å². The SMILES string of the molecule is CC1(C)CC(=O)N(c2ccccc2-c2ccccc2-c2nn[nH]n2)N=C1c1nc2ccccc2[nH]1. The van der Waals surface area contributed by atoms with Gasteiger partial charge in [-0.25, -0.2) is 4.98 Å². The largest absolute Gasteiger partial charge is 0.337 e. The number of hydrogen-bond donors (Lipinski definition) is 2. The molecule has 0 saturated carbocycles. The number of nitrogens with one attached hydrogen (secondary N) is 2. The smallest absolute Gasteiger partial charge is 0.248 e. The molecule has 2 aromatic heterocycles. The third kappa shape index (κ3) is 3.57. The summed E-state index contributed by atoms with van der Waals surface area (Å²) in [5.41, 5.74) is 5.24. The second kappa shape index (κ2) is 7.98. The molecule has 0 aliphatic carbocycles. The van der Waals surface area contributed by atoms with Crippen LogP contribution in [0.3, 0.4) is 0 Å². The number of benzene rings is 3. The van der Waals surface area contributed by atoms with Crippen molar-refractivity contribution in [3.05, 3.63) is 78.6 Å². The van der Waals surface area contributed by atoms with E-state index in [1.54, 1.807) is 0 Å². The van der Waals surface area contributed by atoms with Crippen molar-refractivity contribution in [2.75, 3.05) is 5.01 Å². The van der Waals surface area contributed by atoms with Gasteiger partial charge in [-0.3, -0.25) is 4.79 Å². The lowest BCUT2D eigenvalue weighted by molar-refractivity contribution is -0.120. The molecule has 3 aromatic carbocycles. The van der Waals surface area contributed by atoms with Crippen LogP contribution in [0, 0.1) is 5.41 Å². The van der Waals surface area contributed by atoms with Gasteiger partial charge in [0.1, 0.15) is 5.71 Å². The normalized spacial score (nSPS) is 15.4. The van der Waals surface area contributed by atoms with Gasteiger partial charge >= 0.3 is 0 Å². The van der Waals surface area contributed by atoms with Crippen LogP contribution in [0.2, 0.25) is 0 Å². The number of anilines is 1. The van der Waals surface area contributed by atoms with Gasteiger partial charge in [0, 0.05) is 23.0 Å². The molecule has 9 heteroatoms. The number of hydrazone groups is 1. The number of carbonyl (C=O) groups is 1. The van der Waals surface area contributed by atoms with Crippen LogP contribution >= 0.6 is 0 Å². The van der Waals surface area contributed by atoms with E-state index in [2.05, 4.69) is 25.6 Å². The van der Waals surface area contributed by atoms with Gasteiger partial charge < -0.3 is 4.98 Å². The molecule has 0 bridgehead atoms. The zero-order valence-electron chi connectivity index (χ0n) is 19.2. The Bertz CT molecular complexity index is 1550. The number of fused-ring (bicyclic) bond motifs is 1. The fraction of sp³-hybridized carbons (Fsp3) is 0.154. The average molecular weight is 463 g/mol. The number of para-hydroxylation sites is 3. The van der Waals surface area contributed by atoms with E-state index >= 15 is 0 Å². The molecule has 0 spiro atoms. The molecule has 0 saturated heterocycles. The Kier molecular flexibility index (Phi) is 4.77. The Morgan fingerprint density at radius 2 is 1.60 bits per heavy atom. The highest BCUT2D eigenvalue weighted by Crippen LogP contribution is 2.40. The molecule has 0 radical (unpaired) electrons. The van der Waals surface area contributed by atoms with E-state index in [0.29, 0.717) is 23.8 Å². The summed E-state index contributed by atoms with van der Waals surface area (Å²) in [4.78, 5) is 21.5. The van der Waals surface area contributed by atoms with E-state index < -0.39 is 5.41 Å². The van der Waals surface area contributed by atoms with Gasteiger partial charge in [-0.1, -0.05) is 68.4 Å². The molecular weight excluding hydrogens is 440 g/mol. The highest BCUT2D eigenvalue weighted by atomic mass is 16.2. The third-order valence-electron chi connectivity index (χ3n) is 6.22. The molecule has 35 heavy (non-hydrogen) atoms. The fourth-order valence-corrected chi connectivity index (χ4v) is 4.52. The number of nitrogens with zero attached hydrogens (tertiary/aromatic N) is 6. The van der Waals surface area contributed by atoms with Crippen LogP contribution in [0.15, 0.2) is 77.9 Å². The van der Waals surface area contributed by atoms with E-state index in [0.717, 1.165) is 33.4 Å². The molecule has 3 heterocycles. The van der Waals surface area contributed by atoms with Crippen LogP contribution in [0.1, 0.15) is 26.1 Å². The standard InChI is InChI=1S/C26H22N8O/c1-26(2)15-22(35)34(31-23(26)25-27-19-12-6-7-13-20(19)28-25)21-14-8-5-10-17(21)16-9-3-4-11-18(16)24-29-32-33-30-24/h3-14H,15H2,1-2H3,(H,27,28)(H,29,30,32,33). The first-order valence-corrected chi connectivity index (χ1v) is 11.3. The zero-order valence-corrected chi connectivity index (χ0v) is 19.2. The van der Waals surface area contributed by atoms with Crippen LogP contribution in [0.25, 0.3) is 33.5 Å². The molecule has 1 amide bonds. The first-order valence-electron chi connectivity index (χ1n) is 11.3. The molecule has 1 aliphatic heterocycles. The summed E-state index contributed by atoms with van der Waals surface area (Å²) >= 11 is 0. The van der Waals surface area contributed by atoms with Crippen molar-refractivity contribution in [3.63, 3.8) is 0 Å². The van der Waals surface area contributed by atoms with Crippen molar-refractivity contribution in [3.8, 4) is 22.5 Å². The summed E-state index contributed by atoms with van der Waals surface area (Å²) in [5, 5.41) is 20.9. The topological polar surface area (TPSA) is 116 Å². The van der Waals surface area contributed by atoms with Gasteiger partial charge in [0.2, 0.25) is 11.7 Å². The number of carbonyl (C=O) groups excluding carboxylic acids is 1. The Morgan fingerprint density at radius 1 is 0.886 bits per heavy atom. The van der Waals surface area contributed by atoms with Crippen molar-refractivity contribution in [1.29, 1.82) is 0 Å². The predicted octanol–water partition coefficient (Wildman–Crippen LogP) is 4.58. The molecule has 2 N–H and O–H groups in total. The Hall–Kier alpha value is -4.66. The van der Waals surface area contributed by atoms with E-state index in [1.165, 1.54) is 5.01 Å². The molecule has 172 valence electrons. The first-order chi connectivity index (χ1) is 17.0. The molecule has 9 nitrogen and oxygen atoms in total. The van der Waals surface area contributed by atoms with Gasteiger partial charge in [-0.2, -0.15) is 15.3 Å². The Balaban J connectivity index is 1.51. The minimum Gasteiger partial charge on any atom is -0.337 e. The summed E-state index contributed by atoms with van der Waals surface area (Å²) in [7, 11) is 0. The Labute approximate surface area is 200 Å². The number of H-pyrrole nitrogens is 2. The average Bonchev–Trinajstić information content (AvgIpc) is 3.54.